The zero-order chi connectivity index (χ0) is 17.8. The van der Waals surface area contributed by atoms with Gasteiger partial charge in [-0.05, 0) is 48.5 Å². The normalized spacial score (nSPS) is 10.3. The maximum Gasteiger partial charge on any atom is 0.291 e. The van der Waals surface area contributed by atoms with Crippen molar-refractivity contribution in [3.05, 3.63) is 83.8 Å². The molecule has 0 saturated carbocycles. The van der Waals surface area contributed by atoms with Crippen LogP contribution in [0.25, 0.3) is 0 Å². The van der Waals surface area contributed by atoms with Crippen molar-refractivity contribution < 1.29 is 22.8 Å². The van der Waals surface area contributed by atoms with Crippen LogP contribution in [0.2, 0.25) is 0 Å². The summed E-state index contributed by atoms with van der Waals surface area (Å²) in [7, 11) is 0. The van der Waals surface area contributed by atoms with Gasteiger partial charge in [0.05, 0.1) is 6.26 Å². The molecule has 1 heterocycles. The van der Waals surface area contributed by atoms with Gasteiger partial charge in [-0.15, -0.1) is 0 Å². The largest absolute Gasteiger partial charge is 0.459 e. The minimum atomic E-state index is -0.945. The Hall–Kier alpha value is -3.48. The number of hydrogen-bond donors (Lipinski definition) is 2. The summed E-state index contributed by atoms with van der Waals surface area (Å²) in [5, 5.41) is 5.01. The van der Waals surface area contributed by atoms with Gasteiger partial charge < -0.3 is 15.1 Å². The summed E-state index contributed by atoms with van der Waals surface area (Å²) in [4.78, 5) is 23.8. The van der Waals surface area contributed by atoms with Gasteiger partial charge in [0, 0.05) is 11.4 Å². The third-order valence-electron chi connectivity index (χ3n) is 3.34. The summed E-state index contributed by atoms with van der Waals surface area (Å²) in [5.41, 5.74) is 0.137. The van der Waals surface area contributed by atoms with Crippen LogP contribution in [-0.2, 0) is 0 Å². The van der Waals surface area contributed by atoms with Crippen LogP contribution in [0.15, 0.2) is 65.3 Å². The van der Waals surface area contributed by atoms with Gasteiger partial charge in [0.2, 0.25) is 0 Å². The molecule has 0 saturated heterocycles. The predicted octanol–water partition coefficient (Wildman–Crippen LogP) is 4.06. The summed E-state index contributed by atoms with van der Waals surface area (Å²) in [6.45, 7) is 0. The Morgan fingerprint density at radius 1 is 0.760 bits per heavy atom. The van der Waals surface area contributed by atoms with Gasteiger partial charge in [-0.1, -0.05) is 6.07 Å². The van der Waals surface area contributed by atoms with E-state index in [1.165, 1.54) is 42.7 Å². The Labute approximate surface area is 141 Å². The maximum absolute atomic E-state index is 13.6. The summed E-state index contributed by atoms with van der Waals surface area (Å²) < 4.78 is 32.2. The molecule has 2 amide bonds. The molecule has 0 unspecified atom stereocenters. The quantitative estimate of drug-likeness (QED) is 0.751. The molecule has 7 heteroatoms. The standard InChI is InChI=1S/C18H12F2N2O3/c19-13-3-1-4-14(20)16(13)18(24)22-12-8-6-11(7-9-12)21-17(23)15-5-2-10-25-15/h1-10H,(H,21,23)(H,22,24). The van der Waals surface area contributed by atoms with Crippen molar-refractivity contribution in [3.8, 4) is 0 Å². The molecule has 0 spiro atoms. The number of anilines is 2. The molecule has 2 N–H and O–H groups in total. The monoisotopic (exact) mass is 342 g/mol. The molecule has 3 aromatic rings. The average molecular weight is 342 g/mol. The Bertz CT molecular complexity index is 886. The number of benzene rings is 2. The van der Waals surface area contributed by atoms with Gasteiger partial charge in [0.1, 0.15) is 17.2 Å². The highest BCUT2D eigenvalue weighted by molar-refractivity contribution is 6.05. The molecular weight excluding hydrogens is 330 g/mol. The highest BCUT2D eigenvalue weighted by atomic mass is 19.1. The molecule has 25 heavy (non-hydrogen) atoms. The van der Waals surface area contributed by atoms with E-state index >= 15 is 0 Å². The van der Waals surface area contributed by atoms with E-state index in [0.717, 1.165) is 12.1 Å². The fraction of sp³-hybridized carbons (Fsp3) is 0. The Balaban J connectivity index is 1.68. The van der Waals surface area contributed by atoms with Gasteiger partial charge in [0.15, 0.2) is 5.76 Å². The van der Waals surface area contributed by atoms with E-state index in [4.69, 9.17) is 4.42 Å². The molecule has 1 aromatic heterocycles. The smallest absolute Gasteiger partial charge is 0.291 e. The lowest BCUT2D eigenvalue weighted by Crippen LogP contribution is -2.16. The highest BCUT2D eigenvalue weighted by Gasteiger charge is 2.17. The van der Waals surface area contributed by atoms with E-state index in [9.17, 15) is 18.4 Å². The van der Waals surface area contributed by atoms with Crippen LogP contribution in [0.5, 0.6) is 0 Å². The zero-order valence-corrected chi connectivity index (χ0v) is 12.8. The third-order valence-corrected chi connectivity index (χ3v) is 3.34. The molecule has 0 aliphatic heterocycles. The van der Waals surface area contributed by atoms with Crippen LogP contribution < -0.4 is 10.6 Å². The van der Waals surface area contributed by atoms with Gasteiger partial charge in [0.25, 0.3) is 11.8 Å². The maximum atomic E-state index is 13.6. The Kier molecular flexibility index (Phi) is 4.56. The van der Waals surface area contributed by atoms with Gasteiger partial charge in [-0.2, -0.15) is 0 Å². The zero-order valence-electron chi connectivity index (χ0n) is 12.8. The Morgan fingerprint density at radius 2 is 1.32 bits per heavy atom. The number of carbonyl (C=O) groups is 2. The molecular formula is C18H12F2N2O3. The first-order valence-corrected chi connectivity index (χ1v) is 7.25. The van der Waals surface area contributed by atoms with Gasteiger partial charge >= 0.3 is 0 Å². The van der Waals surface area contributed by atoms with Crippen molar-refractivity contribution in [3.63, 3.8) is 0 Å². The molecule has 0 radical (unpaired) electrons. The van der Waals surface area contributed by atoms with E-state index in [2.05, 4.69) is 10.6 Å². The predicted molar refractivity (Wildman–Crippen MR) is 87.4 cm³/mol. The first-order valence-electron chi connectivity index (χ1n) is 7.25. The fourth-order valence-corrected chi connectivity index (χ4v) is 2.15. The van der Waals surface area contributed by atoms with Gasteiger partial charge in [-0.3, -0.25) is 9.59 Å². The van der Waals surface area contributed by atoms with Crippen LogP contribution in [0.4, 0.5) is 20.2 Å². The van der Waals surface area contributed by atoms with Crippen molar-refractivity contribution in [2.75, 3.05) is 10.6 Å². The molecule has 126 valence electrons. The molecule has 0 aliphatic rings. The van der Waals surface area contributed by atoms with Crippen LogP contribution >= 0.6 is 0 Å². The summed E-state index contributed by atoms with van der Waals surface area (Å²) in [6.07, 6.45) is 1.38. The van der Waals surface area contributed by atoms with Crippen LogP contribution in [0.1, 0.15) is 20.9 Å². The van der Waals surface area contributed by atoms with Crippen molar-refractivity contribution >= 4 is 23.2 Å². The fourth-order valence-electron chi connectivity index (χ4n) is 2.15. The first-order chi connectivity index (χ1) is 12.0. The molecule has 0 atom stereocenters. The third kappa shape index (κ3) is 3.72. The lowest BCUT2D eigenvalue weighted by atomic mass is 10.1. The van der Waals surface area contributed by atoms with Crippen LogP contribution in [0.3, 0.4) is 0 Å². The van der Waals surface area contributed by atoms with E-state index in [1.807, 2.05) is 0 Å². The molecule has 0 fully saturated rings. The molecule has 5 nitrogen and oxygen atoms in total. The van der Waals surface area contributed by atoms with Crippen LogP contribution in [0, 0.1) is 11.6 Å². The van der Waals surface area contributed by atoms with Crippen LogP contribution in [-0.4, -0.2) is 11.8 Å². The lowest BCUT2D eigenvalue weighted by molar-refractivity contribution is 0.0993. The number of halogens is 2. The average Bonchev–Trinajstić information content (AvgIpc) is 3.11. The topological polar surface area (TPSA) is 71.3 Å². The number of hydrogen-bond acceptors (Lipinski definition) is 3. The van der Waals surface area contributed by atoms with E-state index in [1.54, 1.807) is 6.07 Å². The van der Waals surface area contributed by atoms with E-state index in [-0.39, 0.29) is 5.76 Å². The minimum Gasteiger partial charge on any atom is -0.459 e. The second-order valence-electron chi connectivity index (χ2n) is 5.06. The van der Waals surface area contributed by atoms with Crippen molar-refractivity contribution in [1.29, 1.82) is 0 Å². The number of rotatable bonds is 4. The van der Waals surface area contributed by atoms with Gasteiger partial charge in [-0.25, -0.2) is 8.78 Å². The second kappa shape index (κ2) is 6.96. The Morgan fingerprint density at radius 3 is 1.84 bits per heavy atom. The minimum absolute atomic E-state index is 0.160. The SMILES string of the molecule is O=C(Nc1ccc(NC(=O)c2c(F)cccc2F)cc1)c1ccco1. The van der Waals surface area contributed by atoms with E-state index < -0.39 is 29.0 Å². The molecule has 3 rings (SSSR count). The first kappa shape index (κ1) is 16.4. The lowest BCUT2D eigenvalue weighted by Gasteiger charge is -2.08. The summed E-state index contributed by atoms with van der Waals surface area (Å²) in [6, 6.07) is 12.4. The van der Waals surface area contributed by atoms with Crippen molar-refractivity contribution in [2.24, 2.45) is 0 Å². The number of nitrogens with one attached hydrogen (secondary N) is 2. The highest BCUT2D eigenvalue weighted by Crippen LogP contribution is 2.18. The van der Waals surface area contributed by atoms with Crippen molar-refractivity contribution in [1.82, 2.24) is 0 Å². The van der Waals surface area contributed by atoms with E-state index in [0.29, 0.717) is 11.4 Å². The number of furan rings is 1. The van der Waals surface area contributed by atoms with Crippen molar-refractivity contribution in [2.45, 2.75) is 0 Å². The summed E-state index contributed by atoms with van der Waals surface area (Å²) in [5.74, 6) is -3.05. The number of amides is 2. The summed E-state index contributed by atoms with van der Waals surface area (Å²) >= 11 is 0. The molecule has 2 aromatic carbocycles. The number of carbonyl (C=O) groups excluding carboxylic acids is 2. The molecule has 0 bridgehead atoms. The second-order valence-corrected chi connectivity index (χ2v) is 5.06. The molecule has 0 aliphatic carbocycles.